The highest BCUT2D eigenvalue weighted by atomic mass is 16.5. The van der Waals surface area contributed by atoms with E-state index in [4.69, 9.17) is 4.52 Å². The highest BCUT2D eigenvalue weighted by Gasteiger charge is 2.58. The van der Waals surface area contributed by atoms with Gasteiger partial charge in [0.1, 0.15) is 0 Å². The number of fused-ring (bicyclic) bond motifs is 1. The Labute approximate surface area is 154 Å². The number of carboxylic acid groups (broad SMARTS) is 1. The van der Waals surface area contributed by atoms with Crippen LogP contribution in [0.3, 0.4) is 0 Å². The number of hydrogen-bond acceptors (Lipinski definition) is 6. The number of likely N-dealkylation sites (tertiary alicyclic amines) is 2. The SMILES string of the molecule is CC(C)c1nc(CN2C[C@H]3CN(C4CCCCC4)C[C@@]3(C(=O)O)C2)no1. The minimum absolute atomic E-state index is 0.193. The lowest BCUT2D eigenvalue weighted by atomic mass is 9.81. The Balaban J connectivity index is 1.43. The number of aliphatic carboxylic acids is 1. The largest absolute Gasteiger partial charge is 0.481 e. The van der Waals surface area contributed by atoms with Gasteiger partial charge in [-0.3, -0.25) is 14.6 Å². The van der Waals surface area contributed by atoms with Crippen molar-refractivity contribution in [2.45, 2.75) is 64.5 Å². The number of rotatable bonds is 5. The molecule has 0 spiro atoms. The molecule has 1 aromatic heterocycles. The summed E-state index contributed by atoms with van der Waals surface area (Å²) in [5.41, 5.74) is -0.637. The number of carbonyl (C=O) groups is 1. The summed E-state index contributed by atoms with van der Waals surface area (Å²) in [6.45, 7) is 7.62. The first-order chi connectivity index (χ1) is 12.5. The van der Waals surface area contributed by atoms with E-state index in [0.717, 1.165) is 13.1 Å². The van der Waals surface area contributed by atoms with Gasteiger partial charge < -0.3 is 9.63 Å². The first-order valence-electron chi connectivity index (χ1n) is 10.0. The van der Waals surface area contributed by atoms with Crippen molar-refractivity contribution in [1.82, 2.24) is 19.9 Å². The second-order valence-corrected chi connectivity index (χ2v) is 8.75. The minimum atomic E-state index is -0.640. The van der Waals surface area contributed by atoms with Gasteiger partial charge >= 0.3 is 5.97 Å². The molecule has 7 nitrogen and oxygen atoms in total. The van der Waals surface area contributed by atoms with Crippen LogP contribution >= 0.6 is 0 Å². The molecular weight excluding hydrogens is 332 g/mol. The second kappa shape index (κ2) is 6.93. The van der Waals surface area contributed by atoms with Crippen LogP contribution in [0.15, 0.2) is 4.52 Å². The van der Waals surface area contributed by atoms with Gasteiger partial charge in [0, 0.05) is 44.1 Å². The van der Waals surface area contributed by atoms with Crippen LogP contribution in [0, 0.1) is 11.3 Å². The van der Waals surface area contributed by atoms with Gasteiger partial charge in [-0.25, -0.2) is 0 Å². The zero-order valence-corrected chi connectivity index (χ0v) is 15.9. The maximum absolute atomic E-state index is 12.2. The van der Waals surface area contributed by atoms with E-state index in [1.807, 2.05) is 13.8 Å². The van der Waals surface area contributed by atoms with E-state index in [1.54, 1.807) is 0 Å². The molecule has 2 saturated heterocycles. The molecule has 0 bridgehead atoms. The average molecular weight is 362 g/mol. The number of carboxylic acids is 1. The van der Waals surface area contributed by atoms with E-state index in [0.29, 0.717) is 37.4 Å². The topological polar surface area (TPSA) is 82.7 Å². The maximum Gasteiger partial charge on any atom is 0.312 e. The third kappa shape index (κ3) is 3.16. The van der Waals surface area contributed by atoms with Crippen LogP contribution in [0.1, 0.15) is 63.6 Å². The van der Waals surface area contributed by atoms with Crippen molar-refractivity contribution in [3.05, 3.63) is 11.7 Å². The zero-order chi connectivity index (χ0) is 18.3. The van der Waals surface area contributed by atoms with Gasteiger partial charge in [-0.15, -0.1) is 0 Å². The Morgan fingerprint density at radius 3 is 2.65 bits per heavy atom. The van der Waals surface area contributed by atoms with Crippen molar-refractivity contribution in [3.63, 3.8) is 0 Å². The Hall–Kier alpha value is -1.47. The van der Waals surface area contributed by atoms with Crippen LogP contribution in [0.2, 0.25) is 0 Å². The fourth-order valence-electron chi connectivity index (χ4n) is 5.12. The molecule has 3 aliphatic rings. The van der Waals surface area contributed by atoms with Crippen LogP contribution in [0.5, 0.6) is 0 Å². The summed E-state index contributed by atoms with van der Waals surface area (Å²) in [4.78, 5) is 21.3. The molecule has 0 aromatic carbocycles. The van der Waals surface area contributed by atoms with E-state index in [1.165, 1.54) is 32.1 Å². The van der Waals surface area contributed by atoms with Gasteiger partial charge in [0.2, 0.25) is 5.89 Å². The fraction of sp³-hybridized carbons (Fsp3) is 0.842. The summed E-state index contributed by atoms with van der Waals surface area (Å²) in [7, 11) is 0. The van der Waals surface area contributed by atoms with E-state index >= 15 is 0 Å². The smallest absolute Gasteiger partial charge is 0.312 e. The first kappa shape index (κ1) is 17.9. The minimum Gasteiger partial charge on any atom is -0.481 e. The van der Waals surface area contributed by atoms with Crippen LogP contribution in [-0.2, 0) is 11.3 Å². The molecule has 7 heteroatoms. The van der Waals surface area contributed by atoms with Gasteiger partial charge in [0.25, 0.3) is 0 Å². The Morgan fingerprint density at radius 2 is 2.04 bits per heavy atom. The number of hydrogen-bond donors (Lipinski definition) is 1. The quantitative estimate of drug-likeness (QED) is 0.861. The highest BCUT2D eigenvalue weighted by molar-refractivity contribution is 5.77. The summed E-state index contributed by atoms with van der Waals surface area (Å²) < 4.78 is 5.29. The second-order valence-electron chi connectivity index (χ2n) is 8.75. The summed E-state index contributed by atoms with van der Waals surface area (Å²) in [5.74, 6) is 1.08. The summed E-state index contributed by atoms with van der Waals surface area (Å²) >= 11 is 0. The van der Waals surface area contributed by atoms with E-state index < -0.39 is 11.4 Å². The van der Waals surface area contributed by atoms with Crippen molar-refractivity contribution in [2.75, 3.05) is 26.2 Å². The van der Waals surface area contributed by atoms with Crippen LogP contribution in [0.4, 0.5) is 0 Å². The molecule has 2 atom stereocenters. The van der Waals surface area contributed by atoms with Crippen molar-refractivity contribution in [2.24, 2.45) is 11.3 Å². The van der Waals surface area contributed by atoms with Crippen molar-refractivity contribution in [1.29, 1.82) is 0 Å². The third-order valence-corrected chi connectivity index (χ3v) is 6.57. The standard InChI is InChI=1S/C19H30N4O3/c1-13(2)17-20-16(21-26-17)10-22-8-14-9-23(15-6-4-3-5-7-15)12-19(14,11-22)18(24)25/h13-15H,3-12H2,1-2H3,(H,24,25)/t14-,19-/m0/s1. The van der Waals surface area contributed by atoms with E-state index in [-0.39, 0.29) is 11.8 Å². The number of nitrogens with zero attached hydrogens (tertiary/aromatic N) is 4. The Morgan fingerprint density at radius 1 is 1.27 bits per heavy atom. The number of aromatic nitrogens is 2. The van der Waals surface area contributed by atoms with Crippen molar-refractivity contribution < 1.29 is 14.4 Å². The first-order valence-corrected chi connectivity index (χ1v) is 10.0. The predicted molar refractivity (Wildman–Crippen MR) is 95.7 cm³/mol. The molecule has 1 aromatic rings. The predicted octanol–water partition coefficient (Wildman–Crippen LogP) is 2.34. The third-order valence-electron chi connectivity index (χ3n) is 6.57. The summed E-state index contributed by atoms with van der Waals surface area (Å²) in [6.07, 6.45) is 6.36. The molecule has 1 aliphatic carbocycles. The summed E-state index contributed by atoms with van der Waals surface area (Å²) in [6, 6.07) is 0.588. The fourth-order valence-corrected chi connectivity index (χ4v) is 5.12. The maximum atomic E-state index is 12.2. The van der Waals surface area contributed by atoms with Crippen LogP contribution in [0.25, 0.3) is 0 Å². The molecule has 4 rings (SSSR count). The molecule has 26 heavy (non-hydrogen) atoms. The molecule has 0 amide bonds. The molecular formula is C19H30N4O3. The molecule has 0 radical (unpaired) electrons. The molecule has 1 saturated carbocycles. The van der Waals surface area contributed by atoms with Crippen molar-refractivity contribution in [3.8, 4) is 0 Å². The monoisotopic (exact) mass is 362 g/mol. The molecule has 0 unspecified atom stereocenters. The average Bonchev–Trinajstić information content (AvgIpc) is 3.29. The molecule has 2 aliphatic heterocycles. The highest BCUT2D eigenvalue weighted by Crippen LogP contribution is 2.45. The lowest BCUT2D eigenvalue weighted by Gasteiger charge is -2.33. The normalized spacial score (nSPS) is 31.0. The van der Waals surface area contributed by atoms with Crippen LogP contribution < -0.4 is 0 Å². The van der Waals surface area contributed by atoms with Gasteiger partial charge in [-0.05, 0) is 12.8 Å². The zero-order valence-electron chi connectivity index (χ0n) is 15.9. The van der Waals surface area contributed by atoms with Crippen molar-refractivity contribution >= 4 is 5.97 Å². The van der Waals surface area contributed by atoms with Gasteiger partial charge in [-0.1, -0.05) is 38.3 Å². The molecule has 3 heterocycles. The lowest BCUT2D eigenvalue weighted by molar-refractivity contribution is -0.149. The van der Waals surface area contributed by atoms with E-state index in [2.05, 4.69) is 19.9 Å². The van der Waals surface area contributed by atoms with Gasteiger partial charge in [-0.2, -0.15) is 4.98 Å². The Kier molecular flexibility index (Phi) is 4.77. The molecule has 144 valence electrons. The molecule has 1 N–H and O–H groups in total. The summed E-state index contributed by atoms with van der Waals surface area (Å²) in [5, 5.41) is 14.1. The van der Waals surface area contributed by atoms with Crippen LogP contribution in [-0.4, -0.2) is 63.2 Å². The molecule has 3 fully saturated rings. The van der Waals surface area contributed by atoms with E-state index in [9.17, 15) is 9.90 Å². The Bertz CT molecular complexity index is 655. The van der Waals surface area contributed by atoms with Gasteiger partial charge in [0.15, 0.2) is 5.82 Å². The lowest BCUT2D eigenvalue weighted by Crippen LogP contribution is -2.43. The van der Waals surface area contributed by atoms with Gasteiger partial charge in [0.05, 0.1) is 12.0 Å².